The first-order valence-corrected chi connectivity index (χ1v) is 7.32. The van der Waals surface area contributed by atoms with E-state index in [4.69, 9.17) is 15.2 Å². The maximum Gasteiger partial charge on any atom is 0.340 e. The lowest BCUT2D eigenvalue weighted by molar-refractivity contribution is 0.0601. The first-order chi connectivity index (χ1) is 10.1. The van der Waals surface area contributed by atoms with Crippen LogP contribution in [0.15, 0.2) is 18.2 Å². The normalized spacial score (nSPS) is 10.7. The van der Waals surface area contributed by atoms with Gasteiger partial charge in [0.25, 0.3) is 0 Å². The number of rotatable bonds is 8. The lowest BCUT2D eigenvalue weighted by Gasteiger charge is -2.33. The molecule has 0 heterocycles. The molecule has 0 fully saturated rings. The van der Waals surface area contributed by atoms with Crippen LogP contribution in [0.1, 0.15) is 37.0 Å². The average Bonchev–Trinajstić information content (AvgIpc) is 2.51. The molecule has 1 aromatic rings. The fraction of sp³-hybridized carbons (Fsp3) is 0.562. The van der Waals surface area contributed by atoms with E-state index in [1.165, 1.54) is 7.11 Å². The summed E-state index contributed by atoms with van der Waals surface area (Å²) >= 11 is 0. The van der Waals surface area contributed by atoms with Gasteiger partial charge in [0.15, 0.2) is 0 Å². The Morgan fingerprint density at radius 1 is 1.29 bits per heavy atom. The summed E-state index contributed by atoms with van der Waals surface area (Å²) in [7, 11) is 3.06. The lowest BCUT2D eigenvalue weighted by atomic mass is 10.1. The van der Waals surface area contributed by atoms with Gasteiger partial charge in [0.1, 0.15) is 0 Å². The molecule has 0 aliphatic rings. The second-order valence-corrected chi connectivity index (χ2v) is 4.92. The van der Waals surface area contributed by atoms with Crippen molar-refractivity contribution in [1.29, 1.82) is 0 Å². The predicted octanol–water partition coefficient (Wildman–Crippen LogP) is 2.70. The number of ether oxygens (including phenoxy) is 2. The van der Waals surface area contributed by atoms with Crippen molar-refractivity contribution in [3.05, 3.63) is 23.8 Å². The minimum Gasteiger partial charge on any atom is -0.465 e. The van der Waals surface area contributed by atoms with E-state index in [-0.39, 0.29) is 5.97 Å². The maximum absolute atomic E-state index is 12.0. The Hall–Kier alpha value is -1.75. The van der Waals surface area contributed by atoms with Crippen LogP contribution in [0.4, 0.5) is 11.4 Å². The summed E-state index contributed by atoms with van der Waals surface area (Å²) in [5.74, 6) is -0.370. The average molecular weight is 294 g/mol. The molecule has 0 atom stereocenters. The first-order valence-electron chi connectivity index (χ1n) is 7.32. The highest BCUT2D eigenvalue weighted by Crippen LogP contribution is 2.27. The zero-order valence-corrected chi connectivity index (χ0v) is 13.4. The summed E-state index contributed by atoms with van der Waals surface area (Å²) in [4.78, 5) is 14.2. The molecule has 1 aromatic carbocycles. The summed E-state index contributed by atoms with van der Waals surface area (Å²) in [5, 5.41) is 0. The van der Waals surface area contributed by atoms with Crippen LogP contribution in [0.5, 0.6) is 0 Å². The highest BCUT2D eigenvalue weighted by atomic mass is 16.5. The molecule has 118 valence electrons. The van der Waals surface area contributed by atoms with Crippen LogP contribution in [0, 0.1) is 0 Å². The summed E-state index contributed by atoms with van der Waals surface area (Å²) in [5.41, 5.74) is 7.71. The third-order valence-corrected chi connectivity index (χ3v) is 3.65. The van der Waals surface area contributed by atoms with Crippen LogP contribution >= 0.6 is 0 Å². The Balaban J connectivity index is 3.25. The van der Waals surface area contributed by atoms with E-state index in [9.17, 15) is 4.79 Å². The number of hydrogen-bond donors (Lipinski definition) is 1. The van der Waals surface area contributed by atoms with Gasteiger partial charge in [0, 0.05) is 25.4 Å². The molecule has 0 saturated carbocycles. The molecule has 0 saturated heterocycles. The smallest absolute Gasteiger partial charge is 0.340 e. The Bertz CT molecular complexity index is 459. The van der Waals surface area contributed by atoms with E-state index in [2.05, 4.69) is 18.7 Å². The van der Waals surface area contributed by atoms with Gasteiger partial charge in [-0.2, -0.15) is 0 Å². The number of methoxy groups -OCH3 is 2. The van der Waals surface area contributed by atoms with Crippen molar-refractivity contribution in [3.8, 4) is 0 Å². The zero-order chi connectivity index (χ0) is 15.8. The number of carbonyl (C=O) groups is 1. The Morgan fingerprint density at radius 2 is 1.95 bits per heavy atom. The number of nitrogens with two attached hydrogens (primary N) is 1. The minimum atomic E-state index is -0.370. The Morgan fingerprint density at radius 3 is 2.48 bits per heavy atom. The van der Waals surface area contributed by atoms with Crippen LogP contribution in [0.2, 0.25) is 0 Å². The number of nitrogens with zero attached hydrogens (tertiary/aromatic N) is 1. The molecule has 0 amide bonds. The van der Waals surface area contributed by atoms with E-state index in [0.717, 1.165) is 25.1 Å². The quantitative estimate of drug-likeness (QED) is 0.590. The van der Waals surface area contributed by atoms with Crippen molar-refractivity contribution in [2.45, 2.75) is 32.7 Å². The number of carbonyl (C=O) groups excluding carboxylic acids is 1. The monoisotopic (exact) mass is 294 g/mol. The van der Waals surface area contributed by atoms with Crippen molar-refractivity contribution >= 4 is 17.3 Å². The van der Waals surface area contributed by atoms with Gasteiger partial charge in [0.05, 0.1) is 25.0 Å². The SMILES string of the molecule is CCC(CC)N(CCOC)c1ccc(N)cc1C(=O)OC. The second kappa shape index (κ2) is 8.52. The van der Waals surface area contributed by atoms with Crippen molar-refractivity contribution in [3.63, 3.8) is 0 Å². The summed E-state index contributed by atoms with van der Waals surface area (Å²) in [6, 6.07) is 5.70. The standard InChI is InChI=1S/C16H26N2O3/c1-5-13(6-2)18(9-10-20-3)15-8-7-12(17)11-14(15)16(19)21-4/h7-8,11,13H,5-6,9-10,17H2,1-4H3. The van der Waals surface area contributed by atoms with Crippen molar-refractivity contribution in [1.82, 2.24) is 0 Å². The molecule has 1 rings (SSSR count). The molecule has 0 spiro atoms. The van der Waals surface area contributed by atoms with Gasteiger partial charge in [-0.15, -0.1) is 0 Å². The van der Waals surface area contributed by atoms with Gasteiger partial charge in [-0.1, -0.05) is 13.8 Å². The van der Waals surface area contributed by atoms with Crippen LogP contribution in [-0.4, -0.2) is 39.4 Å². The van der Waals surface area contributed by atoms with Crippen molar-refractivity contribution in [2.24, 2.45) is 0 Å². The highest BCUT2D eigenvalue weighted by molar-refractivity contribution is 5.97. The third kappa shape index (κ3) is 4.36. The van der Waals surface area contributed by atoms with Crippen molar-refractivity contribution < 1.29 is 14.3 Å². The van der Waals surface area contributed by atoms with E-state index in [0.29, 0.717) is 23.9 Å². The molecule has 21 heavy (non-hydrogen) atoms. The van der Waals surface area contributed by atoms with Gasteiger partial charge >= 0.3 is 5.97 Å². The number of esters is 1. The Labute approximate surface area is 127 Å². The molecule has 0 bridgehead atoms. The van der Waals surface area contributed by atoms with Crippen LogP contribution in [-0.2, 0) is 9.47 Å². The van der Waals surface area contributed by atoms with Gasteiger partial charge in [-0.05, 0) is 31.0 Å². The van der Waals surface area contributed by atoms with Crippen LogP contribution in [0.3, 0.4) is 0 Å². The largest absolute Gasteiger partial charge is 0.465 e. The van der Waals surface area contributed by atoms with Crippen LogP contribution in [0.25, 0.3) is 0 Å². The van der Waals surface area contributed by atoms with Gasteiger partial charge in [0.2, 0.25) is 0 Å². The van der Waals surface area contributed by atoms with E-state index >= 15 is 0 Å². The molecule has 0 aliphatic carbocycles. The van der Waals surface area contributed by atoms with Gasteiger partial charge in [-0.25, -0.2) is 4.79 Å². The molecule has 5 nitrogen and oxygen atoms in total. The molecule has 2 N–H and O–H groups in total. The first kappa shape index (κ1) is 17.3. The second-order valence-electron chi connectivity index (χ2n) is 4.92. The fourth-order valence-corrected chi connectivity index (χ4v) is 2.50. The van der Waals surface area contributed by atoms with E-state index in [1.807, 2.05) is 12.1 Å². The minimum absolute atomic E-state index is 0.340. The molecule has 0 unspecified atom stereocenters. The molecule has 0 aliphatic heterocycles. The fourth-order valence-electron chi connectivity index (χ4n) is 2.50. The zero-order valence-electron chi connectivity index (χ0n) is 13.4. The van der Waals surface area contributed by atoms with Gasteiger partial charge in [-0.3, -0.25) is 0 Å². The molecular formula is C16H26N2O3. The van der Waals surface area contributed by atoms with Crippen LogP contribution < -0.4 is 10.6 Å². The topological polar surface area (TPSA) is 64.8 Å². The summed E-state index contributed by atoms with van der Waals surface area (Å²) in [6.07, 6.45) is 1.98. The number of anilines is 2. The van der Waals surface area contributed by atoms with E-state index in [1.54, 1.807) is 13.2 Å². The highest BCUT2D eigenvalue weighted by Gasteiger charge is 2.22. The number of nitrogen functional groups attached to an aromatic ring is 1. The lowest BCUT2D eigenvalue weighted by Crippen LogP contribution is -2.38. The molecule has 0 aromatic heterocycles. The number of benzene rings is 1. The van der Waals surface area contributed by atoms with Crippen molar-refractivity contribution in [2.75, 3.05) is 38.0 Å². The molecule has 5 heteroatoms. The Kier molecular flexibility index (Phi) is 7.02. The van der Waals surface area contributed by atoms with Gasteiger partial charge < -0.3 is 20.1 Å². The maximum atomic E-state index is 12.0. The predicted molar refractivity (Wildman–Crippen MR) is 85.8 cm³/mol. The third-order valence-electron chi connectivity index (χ3n) is 3.65. The summed E-state index contributed by atoms with van der Waals surface area (Å²) in [6.45, 7) is 5.60. The summed E-state index contributed by atoms with van der Waals surface area (Å²) < 4.78 is 10.1. The molecule has 0 radical (unpaired) electrons. The number of hydrogen-bond acceptors (Lipinski definition) is 5. The molecular weight excluding hydrogens is 268 g/mol. The van der Waals surface area contributed by atoms with E-state index < -0.39 is 0 Å².